The first kappa shape index (κ1) is 45.3. The fraction of sp³-hybridized carbons (Fsp3) is 0.739. The van der Waals surface area contributed by atoms with Crippen molar-refractivity contribution in [1.82, 2.24) is 0 Å². The molecule has 0 spiro atoms. The van der Waals surface area contributed by atoms with E-state index in [2.05, 4.69) is 86.6 Å². The lowest BCUT2D eigenvalue weighted by Gasteiger charge is -2.24. The zero-order valence-electron chi connectivity index (χ0n) is 34.3. The first-order chi connectivity index (χ1) is 23.1. The number of benzene rings is 2. The van der Waals surface area contributed by atoms with Gasteiger partial charge >= 0.3 is 0 Å². The molecule has 1 saturated heterocycles. The number of hydrogen-bond acceptors (Lipinski definition) is 2. The first-order valence-corrected chi connectivity index (χ1v) is 20.1. The molecule has 3 heteroatoms. The van der Waals surface area contributed by atoms with E-state index in [1.54, 1.807) is 13.0 Å². The fourth-order valence-electron chi connectivity index (χ4n) is 6.31. The fourth-order valence-corrected chi connectivity index (χ4v) is 6.31. The zero-order chi connectivity index (χ0) is 36.8. The molecule has 0 bridgehead atoms. The van der Waals surface area contributed by atoms with Gasteiger partial charge in [0.1, 0.15) is 5.82 Å². The van der Waals surface area contributed by atoms with Crippen molar-refractivity contribution < 1.29 is 13.9 Å². The Kier molecular flexibility index (Phi) is 24.2. The van der Waals surface area contributed by atoms with Crippen LogP contribution in [0.3, 0.4) is 0 Å². The van der Waals surface area contributed by atoms with Crippen molar-refractivity contribution in [3.63, 3.8) is 0 Å². The predicted octanol–water partition coefficient (Wildman–Crippen LogP) is 14.3. The van der Waals surface area contributed by atoms with E-state index in [0.29, 0.717) is 11.5 Å². The van der Waals surface area contributed by atoms with Crippen molar-refractivity contribution in [3.8, 4) is 0 Å². The molecule has 0 atom stereocenters. The van der Waals surface area contributed by atoms with Crippen LogP contribution in [0, 0.1) is 74.9 Å². The van der Waals surface area contributed by atoms with Gasteiger partial charge in [0.25, 0.3) is 0 Å². The van der Waals surface area contributed by atoms with Crippen LogP contribution in [-0.2, 0) is 9.47 Å². The van der Waals surface area contributed by atoms with Crippen molar-refractivity contribution in [2.24, 2.45) is 41.4 Å². The van der Waals surface area contributed by atoms with E-state index < -0.39 is 0 Å². The second-order valence-corrected chi connectivity index (χ2v) is 16.8. The van der Waals surface area contributed by atoms with Gasteiger partial charge in [-0.25, -0.2) is 4.39 Å². The van der Waals surface area contributed by atoms with Crippen molar-refractivity contribution in [3.05, 3.63) is 70.5 Å². The maximum atomic E-state index is 12.6. The molecule has 1 aliphatic heterocycles. The summed E-state index contributed by atoms with van der Waals surface area (Å²) in [6, 6.07) is 13.7. The molecule has 49 heavy (non-hydrogen) atoms. The number of halogens is 1. The Bertz CT molecular complexity index is 908. The quantitative estimate of drug-likeness (QED) is 0.275. The molecule has 6 rings (SSSR count). The van der Waals surface area contributed by atoms with Gasteiger partial charge in [0, 0.05) is 5.92 Å². The van der Waals surface area contributed by atoms with Crippen LogP contribution in [0.25, 0.3) is 0 Å². The molecule has 2 aromatic carbocycles. The smallest absolute Gasteiger partial charge is 0.154 e. The average molecular weight is 683 g/mol. The normalized spacial score (nSPS) is 29.2. The highest BCUT2D eigenvalue weighted by molar-refractivity contribution is 5.21. The molecule has 0 radical (unpaired) electrons. The highest BCUT2D eigenvalue weighted by Gasteiger charge is 2.15. The minimum Gasteiger partial charge on any atom is -0.353 e. The molecule has 0 aromatic heterocycles. The Labute approximate surface area is 304 Å². The molecule has 4 aliphatic rings. The first-order valence-electron chi connectivity index (χ1n) is 20.1. The lowest BCUT2D eigenvalue weighted by atomic mass is 9.84. The standard InChI is InChI=1S/C8H9F.3C8H16.C8H10.C6H12O2/c1-6-3-4-7(2)8(9)5-6;4*1-7-3-5-8(2)6-4-7;1-5-3-7-6(2)8-4-5/h3-5H,1-2H3;3*7-8H,3-6H2,1-2H3;3-6H,1-2H3;5-6H,3-4H2,1-2H3. The Morgan fingerprint density at radius 2 is 0.673 bits per heavy atom. The van der Waals surface area contributed by atoms with Gasteiger partial charge in [-0.15, -0.1) is 0 Å². The lowest BCUT2D eigenvalue weighted by molar-refractivity contribution is -0.187. The summed E-state index contributed by atoms with van der Waals surface area (Å²) < 4.78 is 22.9. The Morgan fingerprint density at radius 3 is 0.898 bits per heavy atom. The van der Waals surface area contributed by atoms with Gasteiger partial charge in [-0.3, -0.25) is 0 Å². The largest absolute Gasteiger partial charge is 0.353 e. The molecule has 0 amide bonds. The van der Waals surface area contributed by atoms with Gasteiger partial charge in [0.05, 0.1) is 13.2 Å². The Hall–Kier alpha value is -1.71. The van der Waals surface area contributed by atoms with Gasteiger partial charge in [0.15, 0.2) is 6.29 Å². The molecule has 282 valence electrons. The van der Waals surface area contributed by atoms with Crippen molar-refractivity contribution in [1.29, 1.82) is 0 Å². The molecule has 3 saturated carbocycles. The minimum absolute atomic E-state index is 0.0196. The molecular weight excluding hydrogens is 604 g/mol. The summed E-state index contributed by atoms with van der Waals surface area (Å²) in [7, 11) is 0. The van der Waals surface area contributed by atoms with Gasteiger partial charge < -0.3 is 9.47 Å². The molecule has 2 aromatic rings. The van der Waals surface area contributed by atoms with Crippen molar-refractivity contribution >= 4 is 0 Å². The molecule has 1 heterocycles. The summed E-state index contributed by atoms with van der Waals surface area (Å²) in [5.41, 5.74) is 4.34. The van der Waals surface area contributed by atoms with Crippen molar-refractivity contribution in [2.75, 3.05) is 13.2 Å². The van der Waals surface area contributed by atoms with Crippen LogP contribution in [0.15, 0.2) is 42.5 Å². The van der Waals surface area contributed by atoms with E-state index in [9.17, 15) is 4.39 Å². The summed E-state index contributed by atoms with van der Waals surface area (Å²) in [5, 5.41) is 0. The maximum absolute atomic E-state index is 12.6. The van der Waals surface area contributed by atoms with Gasteiger partial charge in [-0.2, -0.15) is 0 Å². The third kappa shape index (κ3) is 24.2. The molecular formula is C46H79FO2. The Balaban J connectivity index is 0.000000294. The van der Waals surface area contributed by atoms with Crippen LogP contribution in [0.2, 0.25) is 0 Å². The third-order valence-corrected chi connectivity index (χ3v) is 10.7. The van der Waals surface area contributed by atoms with E-state index >= 15 is 0 Å². The van der Waals surface area contributed by atoms with Gasteiger partial charge in [-0.05, 0) is 87.3 Å². The number of ether oxygens (including phenoxy) is 2. The summed E-state index contributed by atoms with van der Waals surface area (Å²) in [4.78, 5) is 0. The van der Waals surface area contributed by atoms with E-state index in [1.165, 1.54) is 94.2 Å². The summed E-state index contributed by atoms with van der Waals surface area (Å²) in [6.45, 7) is 27.8. The second kappa shape index (κ2) is 26.1. The third-order valence-electron chi connectivity index (χ3n) is 10.7. The molecule has 3 aliphatic carbocycles. The lowest BCUT2D eigenvalue weighted by Crippen LogP contribution is -2.27. The highest BCUT2D eigenvalue weighted by atomic mass is 19.1. The van der Waals surface area contributed by atoms with E-state index in [1.807, 2.05) is 19.9 Å². The van der Waals surface area contributed by atoms with Gasteiger partial charge in [-0.1, -0.05) is 173 Å². The SMILES string of the molecule is CC1CCC(C)CC1.CC1CCC(C)CC1.CC1CCC(C)CC1.CC1COC(C)OC1.Cc1ccc(C)c(F)c1.Cc1ccc(C)cc1. The van der Waals surface area contributed by atoms with Crippen LogP contribution in [0.4, 0.5) is 4.39 Å². The molecule has 2 nitrogen and oxygen atoms in total. The predicted molar refractivity (Wildman–Crippen MR) is 213 cm³/mol. The second-order valence-electron chi connectivity index (χ2n) is 16.8. The van der Waals surface area contributed by atoms with Crippen LogP contribution in [0.1, 0.15) is 155 Å². The van der Waals surface area contributed by atoms with E-state index in [0.717, 1.165) is 54.3 Å². The maximum Gasteiger partial charge on any atom is 0.154 e. The summed E-state index contributed by atoms with van der Waals surface area (Å²) in [5.74, 6) is 6.58. The van der Waals surface area contributed by atoms with Crippen LogP contribution < -0.4 is 0 Å². The van der Waals surface area contributed by atoms with E-state index in [-0.39, 0.29) is 12.1 Å². The van der Waals surface area contributed by atoms with E-state index in [4.69, 9.17) is 9.47 Å². The number of rotatable bonds is 0. The van der Waals surface area contributed by atoms with Crippen LogP contribution in [0.5, 0.6) is 0 Å². The topological polar surface area (TPSA) is 18.5 Å². The summed E-state index contributed by atoms with van der Waals surface area (Å²) >= 11 is 0. The Morgan fingerprint density at radius 1 is 0.408 bits per heavy atom. The highest BCUT2D eigenvalue weighted by Crippen LogP contribution is 2.28. The minimum atomic E-state index is -0.116. The number of aryl methyl sites for hydroxylation is 4. The summed E-state index contributed by atoms with van der Waals surface area (Å²) in [6.07, 6.45) is 17.7. The van der Waals surface area contributed by atoms with Crippen molar-refractivity contribution in [2.45, 2.75) is 166 Å². The monoisotopic (exact) mass is 683 g/mol. The van der Waals surface area contributed by atoms with Crippen LogP contribution in [-0.4, -0.2) is 19.5 Å². The van der Waals surface area contributed by atoms with Crippen LogP contribution >= 0.6 is 0 Å². The molecule has 0 N–H and O–H groups in total. The molecule has 0 unspecified atom stereocenters. The number of hydrogen-bond donors (Lipinski definition) is 0. The molecule has 4 fully saturated rings. The van der Waals surface area contributed by atoms with Gasteiger partial charge in [0.2, 0.25) is 0 Å². The zero-order valence-corrected chi connectivity index (χ0v) is 34.3. The average Bonchev–Trinajstić information content (AvgIpc) is 3.08.